The summed E-state index contributed by atoms with van der Waals surface area (Å²) in [5.74, 6) is 0.939. The molecule has 1 heterocycles. The van der Waals surface area contributed by atoms with Gasteiger partial charge in [0.1, 0.15) is 5.82 Å². The average Bonchev–Trinajstić information content (AvgIpc) is 2.46. The van der Waals surface area contributed by atoms with Crippen LogP contribution in [0.1, 0.15) is 52.0 Å². The molecular weight excluding hydrogens is 270 g/mol. The number of aromatic nitrogens is 1. The second kappa shape index (κ2) is 10.0. The molecule has 0 aliphatic carbocycles. The Morgan fingerprint density at radius 3 is 2.30 bits per heavy atom. The summed E-state index contributed by atoms with van der Waals surface area (Å²) in [5, 5.41) is 4.07. The van der Waals surface area contributed by atoms with Crippen LogP contribution in [0.5, 0.6) is 0 Å². The van der Waals surface area contributed by atoms with Gasteiger partial charge in [0.2, 0.25) is 0 Å². The first-order valence-corrected chi connectivity index (χ1v) is 8.20. The van der Waals surface area contributed by atoms with Crippen molar-refractivity contribution in [2.75, 3.05) is 24.5 Å². The Balaban J connectivity index is 2.78. The van der Waals surface area contributed by atoms with Crippen molar-refractivity contribution in [3.8, 4) is 0 Å². The third-order valence-corrected chi connectivity index (χ3v) is 3.60. The fraction of sp³-hybridized carbons (Fsp3) is 0.688. The van der Waals surface area contributed by atoms with Crippen molar-refractivity contribution in [2.45, 2.75) is 53.0 Å². The highest BCUT2D eigenvalue weighted by Crippen LogP contribution is 2.25. The molecule has 0 saturated carbocycles. The van der Waals surface area contributed by atoms with E-state index in [1.807, 2.05) is 12.3 Å². The van der Waals surface area contributed by atoms with E-state index >= 15 is 0 Å². The lowest BCUT2D eigenvalue weighted by atomic mass is 10.2. The first kappa shape index (κ1) is 17.3. The van der Waals surface area contributed by atoms with E-state index in [2.05, 4.69) is 36.0 Å². The van der Waals surface area contributed by atoms with Crippen LogP contribution in [0.4, 0.5) is 5.82 Å². The molecule has 20 heavy (non-hydrogen) atoms. The van der Waals surface area contributed by atoms with Gasteiger partial charge < -0.3 is 10.2 Å². The minimum absolute atomic E-state index is 0.771. The molecule has 0 unspecified atom stereocenters. The maximum atomic E-state index is 6.43. The fourth-order valence-corrected chi connectivity index (χ4v) is 2.40. The van der Waals surface area contributed by atoms with Crippen molar-refractivity contribution in [3.05, 3.63) is 22.8 Å². The molecule has 1 aromatic rings. The molecule has 1 rings (SSSR count). The van der Waals surface area contributed by atoms with E-state index in [0.717, 1.165) is 42.6 Å². The molecule has 0 atom stereocenters. The van der Waals surface area contributed by atoms with Crippen LogP contribution in [-0.4, -0.2) is 24.6 Å². The van der Waals surface area contributed by atoms with Crippen molar-refractivity contribution in [1.82, 2.24) is 10.3 Å². The Morgan fingerprint density at radius 1 is 1.15 bits per heavy atom. The molecule has 0 spiro atoms. The Labute approximate surface area is 128 Å². The van der Waals surface area contributed by atoms with Crippen LogP contribution in [0.3, 0.4) is 0 Å². The molecule has 0 amide bonds. The van der Waals surface area contributed by atoms with Gasteiger partial charge in [-0.3, -0.25) is 0 Å². The zero-order valence-corrected chi connectivity index (χ0v) is 13.8. The monoisotopic (exact) mass is 297 g/mol. The van der Waals surface area contributed by atoms with Crippen molar-refractivity contribution < 1.29 is 0 Å². The number of nitrogens with zero attached hydrogens (tertiary/aromatic N) is 2. The summed E-state index contributed by atoms with van der Waals surface area (Å²) in [6.45, 7) is 10.4. The van der Waals surface area contributed by atoms with Gasteiger partial charge in [0.05, 0.1) is 5.02 Å². The van der Waals surface area contributed by atoms with E-state index in [4.69, 9.17) is 11.6 Å². The molecule has 1 N–H and O–H groups in total. The van der Waals surface area contributed by atoms with Gasteiger partial charge in [0, 0.05) is 25.8 Å². The van der Waals surface area contributed by atoms with Crippen molar-refractivity contribution in [1.29, 1.82) is 0 Å². The van der Waals surface area contributed by atoms with E-state index < -0.39 is 0 Å². The van der Waals surface area contributed by atoms with E-state index in [9.17, 15) is 0 Å². The van der Waals surface area contributed by atoms with Gasteiger partial charge in [-0.05, 0) is 31.0 Å². The van der Waals surface area contributed by atoms with Gasteiger partial charge in [-0.1, -0.05) is 45.2 Å². The molecule has 1 aromatic heterocycles. The Hall–Kier alpha value is -0.800. The third-order valence-electron chi connectivity index (χ3n) is 3.32. The molecule has 0 radical (unpaired) electrons. The molecule has 0 aliphatic rings. The molecule has 4 heteroatoms. The largest absolute Gasteiger partial charge is 0.355 e. The van der Waals surface area contributed by atoms with Crippen molar-refractivity contribution in [2.24, 2.45) is 0 Å². The summed E-state index contributed by atoms with van der Waals surface area (Å²) in [6.07, 6.45) is 6.69. The second-order valence-corrected chi connectivity index (χ2v) is 5.53. The summed E-state index contributed by atoms with van der Waals surface area (Å²) in [6, 6.07) is 2.04. The molecule has 0 fully saturated rings. The van der Waals surface area contributed by atoms with Gasteiger partial charge in [0.25, 0.3) is 0 Å². The van der Waals surface area contributed by atoms with E-state index in [1.165, 1.54) is 25.7 Å². The van der Waals surface area contributed by atoms with Crippen LogP contribution in [0.15, 0.2) is 12.3 Å². The SMILES string of the molecule is CCCCN(CCCC)c1ncc(CNCC)cc1Cl. The Bertz CT molecular complexity index is 374. The molecule has 0 bridgehead atoms. The molecule has 0 saturated heterocycles. The first-order valence-electron chi connectivity index (χ1n) is 7.82. The summed E-state index contributed by atoms with van der Waals surface area (Å²) in [4.78, 5) is 6.92. The van der Waals surface area contributed by atoms with Crippen molar-refractivity contribution >= 4 is 17.4 Å². The number of halogens is 1. The van der Waals surface area contributed by atoms with Gasteiger partial charge in [-0.25, -0.2) is 4.98 Å². The molecule has 0 aromatic carbocycles. The summed E-state index contributed by atoms with van der Waals surface area (Å²) in [5.41, 5.74) is 1.14. The highest BCUT2D eigenvalue weighted by molar-refractivity contribution is 6.33. The lowest BCUT2D eigenvalue weighted by molar-refractivity contribution is 0.670. The van der Waals surface area contributed by atoms with Crippen LogP contribution in [0.2, 0.25) is 5.02 Å². The fourth-order valence-electron chi connectivity index (χ4n) is 2.09. The summed E-state index contributed by atoms with van der Waals surface area (Å²) < 4.78 is 0. The topological polar surface area (TPSA) is 28.2 Å². The third kappa shape index (κ3) is 5.68. The zero-order valence-electron chi connectivity index (χ0n) is 13.1. The number of rotatable bonds is 10. The van der Waals surface area contributed by atoms with Crippen LogP contribution in [0, 0.1) is 0 Å². The van der Waals surface area contributed by atoms with E-state index in [-0.39, 0.29) is 0 Å². The van der Waals surface area contributed by atoms with Gasteiger partial charge in [0.15, 0.2) is 0 Å². The van der Waals surface area contributed by atoms with Crippen LogP contribution >= 0.6 is 11.6 Å². The second-order valence-electron chi connectivity index (χ2n) is 5.12. The van der Waals surface area contributed by atoms with Crippen LogP contribution in [0.25, 0.3) is 0 Å². The van der Waals surface area contributed by atoms with Gasteiger partial charge >= 0.3 is 0 Å². The predicted molar refractivity (Wildman–Crippen MR) is 88.7 cm³/mol. The van der Waals surface area contributed by atoms with Crippen LogP contribution < -0.4 is 10.2 Å². The molecular formula is C16H28ClN3. The zero-order chi connectivity index (χ0) is 14.8. The Morgan fingerprint density at radius 2 is 1.80 bits per heavy atom. The normalized spacial score (nSPS) is 10.8. The maximum absolute atomic E-state index is 6.43. The highest BCUT2D eigenvalue weighted by Gasteiger charge is 2.11. The molecule has 3 nitrogen and oxygen atoms in total. The van der Waals surface area contributed by atoms with E-state index in [1.54, 1.807) is 0 Å². The van der Waals surface area contributed by atoms with Crippen LogP contribution in [-0.2, 0) is 6.54 Å². The maximum Gasteiger partial charge on any atom is 0.147 e. The number of anilines is 1. The standard InChI is InChI=1S/C16H28ClN3/c1-4-7-9-20(10-8-5-2)16-15(17)11-14(13-19-16)12-18-6-3/h11,13,18H,4-10,12H2,1-3H3. The predicted octanol–water partition coefficient (Wildman–Crippen LogP) is 4.25. The quantitative estimate of drug-likeness (QED) is 0.700. The summed E-state index contributed by atoms with van der Waals surface area (Å²) >= 11 is 6.43. The smallest absolute Gasteiger partial charge is 0.147 e. The number of hydrogen-bond donors (Lipinski definition) is 1. The van der Waals surface area contributed by atoms with Gasteiger partial charge in [-0.2, -0.15) is 0 Å². The first-order chi connectivity index (χ1) is 9.72. The number of unbranched alkanes of at least 4 members (excludes halogenated alkanes) is 2. The Kier molecular flexibility index (Phi) is 8.63. The minimum atomic E-state index is 0.771. The molecule has 114 valence electrons. The molecule has 0 aliphatic heterocycles. The lowest BCUT2D eigenvalue weighted by Crippen LogP contribution is -2.27. The van der Waals surface area contributed by atoms with Crippen molar-refractivity contribution in [3.63, 3.8) is 0 Å². The van der Waals surface area contributed by atoms with E-state index in [0.29, 0.717) is 0 Å². The minimum Gasteiger partial charge on any atom is -0.355 e. The number of hydrogen-bond acceptors (Lipinski definition) is 3. The average molecular weight is 298 g/mol. The van der Waals surface area contributed by atoms with Gasteiger partial charge in [-0.15, -0.1) is 0 Å². The highest BCUT2D eigenvalue weighted by atomic mass is 35.5. The lowest BCUT2D eigenvalue weighted by Gasteiger charge is -2.24. The summed E-state index contributed by atoms with van der Waals surface area (Å²) in [7, 11) is 0. The number of nitrogens with one attached hydrogen (secondary N) is 1. The number of pyridine rings is 1.